The molecule has 94 valence electrons. The lowest BCUT2D eigenvalue weighted by molar-refractivity contribution is -0.120. The maximum atomic E-state index is 12.7. The van der Waals surface area contributed by atoms with Crippen LogP contribution >= 0.6 is 0 Å². The van der Waals surface area contributed by atoms with Crippen LogP contribution in [0.3, 0.4) is 0 Å². The highest BCUT2D eigenvalue weighted by molar-refractivity contribution is 5.78. The van der Waals surface area contributed by atoms with E-state index in [1.54, 1.807) is 18.3 Å². The van der Waals surface area contributed by atoms with Crippen molar-refractivity contribution in [2.45, 2.75) is 13.0 Å². The number of nitrogens with one attached hydrogen (secondary N) is 2. The second-order valence-corrected chi connectivity index (χ2v) is 3.89. The number of halogens is 1. The molecule has 0 spiro atoms. The molecule has 0 unspecified atom stereocenters. The van der Waals surface area contributed by atoms with Gasteiger partial charge in [-0.15, -0.1) is 0 Å². The van der Waals surface area contributed by atoms with Crippen LogP contribution in [-0.2, 0) is 17.8 Å². The van der Waals surface area contributed by atoms with E-state index < -0.39 is 0 Å². The van der Waals surface area contributed by atoms with Gasteiger partial charge in [0.1, 0.15) is 11.6 Å². The van der Waals surface area contributed by atoms with Gasteiger partial charge in [-0.25, -0.2) is 4.39 Å². The Kier molecular flexibility index (Phi) is 3.57. The normalized spacial score (nSPS) is 10.3. The Bertz CT molecular complexity index is 535. The van der Waals surface area contributed by atoms with E-state index >= 15 is 0 Å². The molecule has 0 aliphatic carbocycles. The molecule has 0 radical (unpaired) electrons. The van der Waals surface area contributed by atoms with E-state index in [1.165, 1.54) is 12.1 Å². The third kappa shape index (κ3) is 3.07. The van der Waals surface area contributed by atoms with Crippen LogP contribution in [0.2, 0.25) is 0 Å². The lowest BCUT2D eigenvalue weighted by atomic mass is 10.1. The molecule has 1 amide bonds. The van der Waals surface area contributed by atoms with Gasteiger partial charge in [0.05, 0.1) is 12.6 Å². The third-order valence-corrected chi connectivity index (χ3v) is 2.51. The number of nitrogens with two attached hydrogens (primary N) is 1. The Hall–Kier alpha value is -2.37. The van der Waals surface area contributed by atoms with Gasteiger partial charge in [-0.3, -0.25) is 9.89 Å². The van der Waals surface area contributed by atoms with Crippen LogP contribution in [0, 0.1) is 5.82 Å². The highest BCUT2D eigenvalue weighted by Gasteiger charge is 2.06. The van der Waals surface area contributed by atoms with Gasteiger partial charge in [-0.05, 0) is 17.7 Å². The van der Waals surface area contributed by atoms with Crippen LogP contribution in [0.25, 0.3) is 0 Å². The summed E-state index contributed by atoms with van der Waals surface area (Å²) in [6, 6.07) is 5.83. The van der Waals surface area contributed by atoms with Crippen LogP contribution in [0.1, 0.15) is 11.1 Å². The minimum atomic E-state index is -0.315. The minimum absolute atomic E-state index is 0.151. The summed E-state index contributed by atoms with van der Waals surface area (Å²) < 4.78 is 12.7. The molecule has 6 heteroatoms. The number of H-pyrrole nitrogens is 1. The SMILES string of the molecule is Nc1[nH]ncc1CNC(=O)Cc1ccc(F)cc1. The summed E-state index contributed by atoms with van der Waals surface area (Å²) in [6.07, 6.45) is 1.77. The van der Waals surface area contributed by atoms with Crippen LogP contribution in [0.4, 0.5) is 10.2 Å². The number of anilines is 1. The summed E-state index contributed by atoms with van der Waals surface area (Å²) in [5.74, 6) is -0.0235. The standard InChI is InChI=1S/C12H13FN4O/c13-10-3-1-8(2-4-10)5-11(18)15-6-9-7-16-17-12(9)14/h1-4,7H,5-6H2,(H,15,18)(H3,14,16,17). The van der Waals surface area contributed by atoms with Crippen molar-refractivity contribution in [2.24, 2.45) is 0 Å². The minimum Gasteiger partial charge on any atom is -0.384 e. The van der Waals surface area contributed by atoms with Crippen molar-refractivity contribution in [1.82, 2.24) is 15.5 Å². The molecule has 0 aliphatic rings. The number of aromatic amines is 1. The summed E-state index contributed by atoms with van der Waals surface area (Å²) >= 11 is 0. The summed E-state index contributed by atoms with van der Waals surface area (Å²) in [7, 11) is 0. The van der Waals surface area contributed by atoms with E-state index in [0.29, 0.717) is 12.4 Å². The van der Waals surface area contributed by atoms with Gasteiger partial charge in [0.15, 0.2) is 0 Å². The van der Waals surface area contributed by atoms with Crippen LogP contribution in [-0.4, -0.2) is 16.1 Å². The van der Waals surface area contributed by atoms with Gasteiger partial charge >= 0.3 is 0 Å². The van der Waals surface area contributed by atoms with Crippen molar-refractivity contribution in [1.29, 1.82) is 0 Å². The summed E-state index contributed by atoms with van der Waals surface area (Å²) in [6.45, 7) is 0.322. The fourth-order valence-corrected chi connectivity index (χ4v) is 1.51. The van der Waals surface area contributed by atoms with Crippen molar-refractivity contribution in [3.8, 4) is 0 Å². The molecular weight excluding hydrogens is 235 g/mol. The fraction of sp³-hybridized carbons (Fsp3) is 0.167. The first-order valence-corrected chi connectivity index (χ1v) is 5.44. The van der Waals surface area contributed by atoms with Crippen molar-refractivity contribution in [2.75, 3.05) is 5.73 Å². The fourth-order valence-electron chi connectivity index (χ4n) is 1.51. The van der Waals surface area contributed by atoms with Crippen LogP contribution in [0.5, 0.6) is 0 Å². The van der Waals surface area contributed by atoms with E-state index in [1.807, 2.05) is 0 Å². The van der Waals surface area contributed by atoms with E-state index in [0.717, 1.165) is 11.1 Å². The number of benzene rings is 1. The Morgan fingerprint density at radius 1 is 1.39 bits per heavy atom. The first kappa shape index (κ1) is 12.1. The largest absolute Gasteiger partial charge is 0.384 e. The third-order valence-electron chi connectivity index (χ3n) is 2.51. The molecule has 18 heavy (non-hydrogen) atoms. The Morgan fingerprint density at radius 3 is 2.72 bits per heavy atom. The first-order chi connectivity index (χ1) is 8.65. The molecular formula is C12H13FN4O. The predicted molar refractivity (Wildman–Crippen MR) is 65.0 cm³/mol. The number of carbonyl (C=O) groups excluding carboxylic acids is 1. The number of nitrogen functional groups attached to an aromatic ring is 1. The zero-order chi connectivity index (χ0) is 13.0. The van der Waals surface area contributed by atoms with Crippen molar-refractivity contribution in [3.63, 3.8) is 0 Å². The molecule has 5 nitrogen and oxygen atoms in total. The van der Waals surface area contributed by atoms with E-state index in [9.17, 15) is 9.18 Å². The van der Waals surface area contributed by atoms with Gasteiger partial charge < -0.3 is 11.1 Å². The first-order valence-electron chi connectivity index (χ1n) is 5.44. The number of aromatic nitrogens is 2. The van der Waals surface area contributed by atoms with Gasteiger partial charge in [-0.1, -0.05) is 12.1 Å². The van der Waals surface area contributed by atoms with Crippen molar-refractivity contribution >= 4 is 11.7 Å². The second-order valence-electron chi connectivity index (χ2n) is 3.89. The maximum absolute atomic E-state index is 12.7. The van der Waals surface area contributed by atoms with Crippen molar-refractivity contribution in [3.05, 3.63) is 47.4 Å². The quantitative estimate of drug-likeness (QED) is 0.754. The molecule has 0 saturated carbocycles. The van der Waals surface area contributed by atoms with E-state index in [4.69, 9.17) is 5.73 Å². The topological polar surface area (TPSA) is 83.8 Å². The van der Waals surface area contributed by atoms with Gasteiger partial charge in [-0.2, -0.15) is 5.10 Å². The molecule has 1 aromatic heterocycles. The number of hydrogen-bond donors (Lipinski definition) is 3. The molecule has 4 N–H and O–H groups in total. The predicted octanol–water partition coefficient (Wildman–Crippen LogP) is 0.990. The van der Waals surface area contributed by atoms with Crippen LogP contribution < -0.4 is 11.1 Å². The molecule has 1 heterocycles. The second kappa shape index (κ2) is 5.31. The van der Waals surface area contributed by atoms with Gasteiger partial charge in [0, 0.05) is 12.1 Å². The molecule has 1 aromatic carbocycles. The Balaban J connectivity index is 1.86. The average molecular weight is 248 g/mol. The number of amides is 1. The zero-order valence-corrected chi connectivity index (χ0v) is 9.61. The lowest BCUT2D eigenvalue weighted by Gasteiger charge is -2.04. The molecule has 2 aromatic rings. The molecule has 0 atom stereocenters. The maximum Gasteiger partial charge on any atom is 0.224 e. The van der Waals surface area contributed by atoms with Gasteiger partial charge in [0.25, 0.3) is 0 Å². The summed E-state index contributed by atoms with van der Waals surface area (Å²) in [4.78, 5) is 11.6. The Morgan fingerprint density at radius 2 is 2.11 bits per heavy atom. The Labute approximate surface area is 103 Å². The number of rotatable bonds is 4. The number of nitrogens with zero attached hydrogens (tertiary/aromatic N) is 1. The van der Waals surface area contributed by atoms with Gasteiger partial charge in [0.2, 0.25) is 5.91 Å². The van der Waals surface area contributed by atoms with Crippen LogP contribution in [0.15, 0.2) is 30.5 Å². The monoisotopic (exact) mass is 248 g/mol. The molecule has 0 saturated heterocycles. The molecule has 0 aliphatic heterocycles. The molecule has 2 rings (SSSR count). The number of carbonyl (C=O) groups is 1. The molecule has 0 bridgehead atoms. The summed E-state index contributed by atoms with van der Waals surface area (Å²) in [5.41, 5.74) is 7.08. The highest BCUT2D eigenvalue weighted by Crippen LogP contribution is 2.06. The summed E-state index contributed by atoms with van der Waals surface area (Å²) in [5, 5.41) is 9.05. The van der Waals surface area contributed by atoms with E-state index in [2.05, 4.69) is 15.5 Å². The highest BCUT2D eigenvalue weighted by atomic mass is 19.1. The smallest absolute Gasteiger partial charge is 0.224 e. The lowest BCUT2D eigenvalue weighted by Crippen LogP contribution is -2.24. The average Bonchev–Trinajstić information content (AvgIpc) is 2.75. The van der Waals surface area contributed by atoms with Crippen molar-refractivity contribution < 1.29 is 9.18 Å². The molecule has 0 fully saturated rings. The zero-order valence-electron chi connectivity index (χ0n) is 9.61. The van der Waals surface area contributed by atoms with E-state index in [-0.39, 0.29) is 18.1 Å². The number of hydrogen-bond acceptors (Lipinski definition) is 3.